The number of ether oxygens (including phenoxy) is 1. The molecule has 2 aromatic rings. The molecule has 3 aliphatic carbocycles. The molecule has 8 heteroatoms. The van der Waals surface area contributed by atoms with Gasteiger partial charge in [-0.05, 0) is 93.0 Å². The van der Waals surface area contributed by atoms with E-state index in [0.717, 1.165) is 23.0 Å². The topological polar surface area (TPSA) is 108 Å². The van der Waals surface area contributed by atoms with E-state index in [4.69, 9.17) is 10.5 Å². The first-order chi connectivity index (χ1) is 17.0. The van der Waals surface area contributed by atoms with E-state index in [2.05, 4.69) is 35.1 Å². The molecule has 1 aromatic carbocycles. The molecule has 1 saturated heterocycles. The zero-order chi connectivity index (χ0) is 25.3. The van der Waals surface area contributed by atoms with Crippen molar-refractivity contribution in [3.63, 3.8) is 0 Å². The molecule has 2 bridgehead atoms. The van der Waals surface area contributed by atoms with Gasteiger partial charge in [0, 0.05) is 12.0 Å². The van der Waals surface area contributed by atoms with E-state index in [0.29, 0.717) is 43.6 Å². The number of aromatic nitrogens is 2. The molecule has 36 heavy (non-hydrogen) atoms. The number of aromatic amines is 1. The van der Waals surface area contributed by atoms with Crippen LogP contribution >= 0.6 is 0 Å². The van der Waals surface area contributed by atoms with Gasteiger partial charge in [0.1, 0.15) is 11.7 Å². The number of nitrogen functional groups attached to an aromatic ring is 1. The quantitative estimate of drug-likeness (QED) is 0.477. The number of hydrogen-bond acceptors (Lipinski definition) is 6. The highest BCUT2D eigenvalue weighted by Crippen LogP contribution is 2.71. The summed E-state index contributed by atoms with van der Waals surface area (Å²) in [6, 6.07) is 5.94. The summed E-state index contributed by atoms with van der Waals surface area (Å²) in [5.74, 6) is 0.383. The number of nitrogens with zero attached hydrogens (tertiary/aromatic N) is 2. The lowest BCUT2D eigenvalue weighted by Gasteiger charge is -2.60. The van der Waals surface area contributed by atoms with Crippen LogP contribution in [0.3, 0.4) is 0 Å². The van der Waals surface area contributed by atoms with Crippen LogP contribution in [0.1, 0.15) is 51.0 Å². The monoisotopic (exact) mass is 494 g/mol. The summed E-state index contributed by atoms with van der Waals surface area (Å²) in [5.41, 5.74) is 6.92. The van der Waals surface area contributed by atoms with Crippen molar-refractivity contribution in [3.8, 4) is 0 Å². The van der Waals surface area contributed by atoms with E-state index in [9.17, 15) is 10.2 Å². The molecule has 2 aliphatic heterocycles. The van der Waals surface area contributed by atoms with Gasteiger partial charge >= 0.3 is 0 Å². The van der Waals surface area contributed by atoms with E-state index >= 15 is 4.39 Å². The third-order valence-corrected chi connectivity index (χ3v) is 10.5. The Morgan fingerprint density at radius 3 is 2.78 bits per heavy atom. The van der Waals surface area contributed by atoms with Crippen LogP contribution in [0.15, 0.2) is 35.9 Å². The van der Waals surface area contributed by atoms with Crippen molar-refractivity contribution in [2.24, 2.45) is 11.3 Å². The number of anilines is 1. The molecular formula is C28H35FN4O3. The van der Waals surface area contributed by atoms with Gasteiger partial charge in [-0.2, -0.15) is 0 Å². The van der Waals surface area contributed by atoms with Gasteiger partial charge in [-0.1, -0.05) is 19.1 Å². The molecule has 2 saturated carbocycles. The molecule has 8 atom stereocenters. The van der Waals surface area contributed by atoms with Gasteiger partial charge in [-0.3, -0.25) is 0 Å². The van der Waals surface area contributed by atoms with E-state index < -0.39 is 29.1 Å². The minimum Gasteiger partial charge on any atom is -0.388 e. The number of H-pyrrole nitrogens is 1. The molecule has 2 unspecified atom stereocenters. The largest absolute Gasteiger partial charge is 0.388 e. The summed E-state index contributed by atoms with van der Waals surface area (Å²) in [6.07, 6.45) is 5.48. The predicted octanol–water partition coefficient (Wildman–Crippen LogP) is 3.34. The summed E-state index contributed by atoms with van der Waals surface area (Å²) in [7, 11) is 3.82. The second-order valence-electron chi connectivity index (χ2n) is 12.3. The van der Waals surface area contributed by atoms with Crippen molar-refractivity contribution in [3.05, 3.63) is 41.5 Å². The fraction of sp³-hybridized carbons (Fsp3) is 0.607. The van der Waals surface area contributed by atoms with Crippen LogP contribution in [-0.4, -0.2) is 74.3 Å². The normalized spacial score (nSPS) is 45.3. The summed E-state index contributed by atoms with van der Waals surface area (Å²) in [6.45, 7) is 2.27. The molecule has 1 aromatic heterocycles. The Bertz CT molecular complexity index is 1340. The first kappa shape index (κ1) is 22.9. The lowest BCUT2D eigenvalue weighted by atomic mass is 9.53. The summed E-state index contributed by atoms with van der Waals surface area (Å²) in [4.78, 5) is 9.44. The van der Waals surface area contributed by atoms with Gasteiger partial charge in [-0.25, -0.2) is 9.37 Å². The molecule has 3 heterocycles. The van der Waals surface area contributed by atoms with Gasteiger partial charge in [0.2, 0.25) is 0 Å². The third-order valence-electron chi connectivity index (χ3n) is 10.5. The minimum atomic E-state index is -1.66. The molecule has 3 fully saturated rings. The molecule has 192 valence electrons. The van der Waals surface area contributed by atoms with Crippen molar-refractivity contribution in [2.45, 2.75) is 80.6 Å². The summed E-state index contributed by atoms with van der Waals surface area (Å²) >= 11 is 0. The summed E-state index contributed by atoms with van der Waals surface area (Å²) in [5, 5.41) is 22.0. The van der Waals surface area contributed by atoms with Gasteiger partial charge in [0.15, 0.2) is 11.6 Å². The Hall–Kier alpha value is -2.26. The van der Waals surface area contributed by atoms with Crippen molar-refractivity contribution < 1.29 is 19.3 Å². The molecule has 0 amide bonds. The van der Waals surface area contributed by atoms with E-state index in [-0.39, 0.29) is 17.4 Å². The van der Waals surface area contributed by atoms with Crippen molar-refractivity contribution in [1.29, 1.82) is 0 Å². The Morgan fingerprint density at radius 1 is 1.19 bits per heavy atom. The number of benzene rings is 1. The number of imidazole rings is 1. The Balaban J connectivity index is 1.30. The lowest BCUT2D eigenvalue weighted by Crippen LogP contribution is -2.68. The smallest absolute Gasteiger partial charge is 0.198 e. The number of fused-ring (bicyclic) bond motifs is 2. The molecule has 5 N–H and O–H groups in total. The van der Waals surface area contributed by atoms with Gasteiger partial charge in [0.05, 0.1) is 22.7 Å². The lowest BCUT2D eigenvalue weighted by molar-refractivity contribution is -0.239. The van der Waals surface area contributed by atoms with Crippen LogP contribution in [0, 0.1) is 11.3 Å². The SMILES string of the molecule is CN(C)[C@H]1C[C@@]23CC[C@]4(O2)C2CC=C(c5ccc6[nH]c(N)nc6c5)[C@@]2(C)CCC4(F)C=C3[C@@H](O)[C@@H]1O. The maximum atomic E-state index is 17.1. The molecular weight excluding hydrogens is 459 g/mol. The number of allylic oxidation sites excluding steroid dienone is 2. The molecule has 2 spiro atoms. The molecule has 7 rings (SSSR count). The number of nitrogens with one attached hydrogen (secondary N) is 1. The number of hydrogen-bond donors (Lipinski definition) is 4. The van der Waals surface area contributed by atoms with Gasteiger partial charge in [0.25, 0.3) is 0 Å². The fourth-order valence-electron chi connectivity index (χ4n) is 8.62. The second kappa shape index (κ2) is 6.98. The van der Waals surface area contributed by atoms with Crippen LogP contribution in [0.25, 0.3) is 16.6 Å². The average Bonchev–Trinajstić information content (AvgIpc) is 3.49. The number of alkyl halides is 1. The van der Waals surface area contributed by atoms with Crippen LogP contribution < -0.4 is 5.73 Å². The van der Waals surface area contributed by atoms with Gasteiger partial charge in [-0.15, -0.1) is 0 Å². The molecule has 5 aliphatic rings. The van der Waals surface area contributed by atoms with Crippen LogP contribution in [-0.2, 0) is 4.74 Å². The van der Waals surface area contributed by atoms with Crippen molar-refractivity contribution in [2.75, 3.05) is 19.8 Å². The maximum absolute atomic E-state index is 17.1. The second-order valence-corrected chi connectivity index (χ2v) is 12.3. The van der Waals surface area contributed by atoms with Crippen LogP contribution in [0.2, 0.25) is 0 Å². The maximum Gasteiger partial charge on any atom is 0.198 e. The molecule has 0 radical (unpaired) electrons. The average molecular weight is 495 g/mol. The minimum absolute atomic E-state index is 0.0160. The number of rotatable bonds is 2. The Morgan fingerprint density at radius 2 is 2.00 bits per heavy atom. The number of nitrogens with two attached hydrogens (primary N) is 1. The standard InChI is InChI=1S/C28H35FN4O3/c1-25-8-10-27(29)13-17-22(34)23(35)20(33(2)3)14-26(17)9-11-28(27,36-26)21(25)7-5-16(25)15-4-6-18-19(12-15)32-24(30)31-18/h4-6,12-13,20-23,34-35H,7-11,14H2,1-3H3,(H3,30,31,32)/t20-,21?,22+,23+,25+,26+,27?,28-/m0/s1. The number of aliphatic hydroxyl groups is 2. The zero-order valence-electron chi connectivity index (χ0n) is 21.1. The van der Waals surface area contributed by atoms with Crippen molar-refractivity contribution >= 4 is 22.6 Å². The van der Waals surface area contributed by atoms with Crippen LogP contribution in [0.5, 0.6) is 0 Å². The fourth-order valence-corrected chi connectivity index (χ4v) is 8.62. The van der Waals surface area contributed by atoms with Gasteiger partial charge < -0.3 is 30.6 Å². The first-order valence-electron chi connectivity index (χ1n) is 13.1. The number of halogens is 1. The van der Waals surface area contributed by atoms with E-state index in [1.54, 1.807) is 6.08 Å². The van der Waals surface area contributed by atoms with Crippen molar-refractivity contribution in [1.82, 2.24) is 14.9 Å². The summed E-state index contributed by atoms with van der Waals surface area (Å²) < 4.78 is 24.1. The highest BCUT2D eigenvalue weighted by Gasteiger charge is 2.74. The highest BCUT2D eigenvalue weighted by atomic mass is 19.1. The molecule has 7 nitrogen and oxygen atoms in total. The highest BCUT2D eigenvalue weighted by molar-refractivity contribution is 5.84. The van der Waals surface area contributed by atoms with E-state index in [1.807, 2.05) is 25.1 Å². The number of likely N-dealkylation sites (N-methyl/N-ethyl adjacent to an activating group) is 1. The zero-order valence-corrected chi connectivity index (χ0v) is 21.1. The third kappa shape index (κ3) is 2.63. The van der Waals surface area contributed by atoms with Crippen LogP contribution in [0.4, 0.5) is 10.3 Å². The Labute approximate surface area is 210 Å². The predicted molar refractivity (Wildman–Crippen MR) is 136 cm³/mol. The van der Waals surface area contributed by atoms with E-state index in [1.165, 1.54) is 5.57 Å². The number of aliphatic hydroxyl groups excluding tert-OH is 2. The Kier molecular flexibility index (Phi) is 4.44. The first-order valence-corrected chi connectivity index (χ1v) is 13.1.